The van der Waals surface area contributed by atoms with Gasteiger partial charge in [-0.15, -0.1) is 11.8 Å². The number of carbonyl (C=O) groups excluding carboxylic acids is 2. The minimum atomic E-state index is -0.483. The molecule has 8 heteroatoms. The Bertz CT molecular complexity index is 737. The maximum atomic E-state index is 12.5. The molecule has 0 aliphatic carbocycles. The second kappa shape index (κ2) is 7.54. The number of pyridine rings is 1. The molecule has 3 rings (SSSR count). The highest BCUT2D eigenvalue weighted by atomic mass is 32.2. The average Bonchev–Trinajstić information content (AvgIpc) is 2.64. The van der Waals surface area contributed by atoms with Gasteiger partial charge in [0.05, 0.1) is 10.3 Å². The Morgan fingerprint density at radius 2 is 2.19 bits per heavy atom. The van der Waals surface area contributed by atoms with Gasteiger partial charge in [0.2, 0.25) is 11.8 Å². The summed E-state index contributed by atoms with van der Waals surface area (Å²) in [4.78, 5) is 30.9. The van der Waals surface area contributed by atoms with E-state index >= 15 is 0 Å². The van der Waals surface area contributed by atoms with Gasteiger partial charge in [0.25, 0.3) is 0 Å². The molecule has 2 N–H and O–H groups in total. The third-order valence-corrected chi connectivity index (χ3v) is 6.23. The van der Waals surface area contributed by atoms with Gasteiger partial charge in [-0.3, -0.25) is 9.59 Å². The van der Waals surface area contributed by atoms with E-state index in [1.165, 1.54) is 11.8 Å². The molecule has 1 atom stereocenters. The highest BCUT2D eigenvalue weighted by Crippen LogP contribution is 2.29. The molecule has 138 valence electrons. The molecule has 1 aromatic heterocycles. The summed E-state index contributed by atoms with van der Waals surface area (Å²) in [6, 6.07) is 5.30. The van der Waals surface area contributed by atoms with Crippen LogP contribution in [0.25, 0.3) is 0 Å². The highest BCUT2D eigenvalue weighted by Gasteiger charge is 2.38. The van der Waals surface area contributed by atoms with Gasteiger partial charge in [0.1, 0.15) is 17.9 Å². The molecule has 0 spiro atoms. The molecule has 0 aromatic carbocycles. The zero-order chi connectivity index (χ0) is 18.7. The minimum Gasteiger partial charge on any atom is -0.355 e. The van der Waals surface area contributed by atoms with E-state index in [1.54, 1.807) is 18.3 Å². The molecule has 2 aliphatic heterocycles. The van der Waals surface area contributed by atoms with E-state index in [0.29, 0.717) is 17.1 Å². The predicted octanol–water partition coefficient (Wildman–Crippen LogP) is 1.05. The topological polar surface area (TPSA) is 98.1 Å². The van der Waals surface area contributed by atoms with Crippen molar-refractivity contribution in [3.05, 3.63) is 23.9 Å². The molecule has 2 fully saturated rings. The summed E-state index contributed by atoms with van der Waals surface area (Å²) >= 11 is 1.51. The summed E-state index contributed by atoms with van der Waals surface area (Å²) in [5.41, 5.74) is 0.569. The summed E-state index contributed by atoms with van der Waals surface area (Å²) in [5.74, 6) is 1.08. The number of piperidine rings is 1. The van der Waals surface area contributed by atoms with E-state index in [0.717, 1.165) is 25.9 Å². The third kappa shape index (κ3) is 3.93. The molecule has 26 heavy (non-hydrogen) atoms. The van der Waals surface area contributed by atoms with Gasteiger partial charge in [-0.25, -0.2) is 4.98 Å². The van der Waals surface area contributed by atoms with Gasteiger partial charge in [-0.1, -0.05) is 0 Å². The van der Waals surface area contributed by atoms with Crippen molar-refractivity contribution in [2.45, 2.75) is 43.5 Å². The van der Waals surface area contributed by atoms with E-state index in [1.807, 2.05) is 13.8 Å². The SMILES string of the molecule is CC1(C)SCC(C(=O)NC2CCN(c3ncccc3C#N)CC2)NC1=O. The van der Waals surface area contributed by atoms with Crippen LogP contribution in [0.1, 0.15) is 32.3 Å². The molecule has 0 bridgehead atoms. The predicted molar refractivity (Wildman–Crippen MR) is 101 cm³/mol. The van der Waals surface area contributed by atoms with Crippen molar-refractivity contribution in [3.8, 4) is 6.07 Å². The van der Waals surface area contributed by atoms with Crippen LogP contribution in [-0.4, -0.2) is 52.5 Å². The number of hydrogen-bond acceptors (Lipinski definition) is 6. The standard InChI is InChI=1S/C18H23N5O2S/c1-18(2)17(25)22-14(11-26-18)16(24)21-13-5-8-23(9-6-13)15-12(10-19)4-3-7-20-15/h3-4,7,13-14H,5-6,8-9,11H2,1-2H3,(H,21,24)(H,22,25). The number of nitrogens with zero attached hydrogens (tertiary/aromatic N) is 3. The number of nitrogens with one attached hydrogen (secondary N) is 2. The van der Waals surface area contributed by atoms with Gasteiger partial charge in [0, 0.05) is 31.1 Å². The summed E-state index contributed by atoms with van der Waals surface area (Å²) in [6.07, 6.45) is 3.26. The number of anilines is 1. The monoisotopic (exact) mass is 373 g/mol. The van der Waals surface area contributed by atoms with Crippen molar-refractivity contribution < 1.29 is 9.59 Å². The van der Waals surface area contributed by atoms with E-state index in [9.17, 15) is 14.9 Å². The van der Waals surface area contributed by atoms with Gasteiger partial charge in [0.15, 0.2) is 0 Å². The van der Waals surface area contributed by atoms with Crippen LogP contribution in [0.2, 0.25) is 0 Å². The highest BCUT2D eigenvalue weighted by molar-refractivity contribution is 8.01. The van der Waals surface area contributed by atoms with Crippen molar-refractivity contribution in [2.75, 3.05) is 23.7 Å². The van der Waals surface area contributed by atoms with Crippen molar-refractivity contribution >= 4 is 29.4 Å². The number of nitriles is 1. The molecule has 0 saturated carbocycles. The van der Waals surface area contributed by atoms with E-state index in [2.05, 4.69) is 26.6 Å². The van der Waals surface area contributed by atoms with Crippen LogP contribution in [-0.2, 0) is 9.59 Å². The Morgan fingerprint density at radius 1 is 1.46 bits per heavy atom. The first-order valence-electron chi connectivity index (χ1n) is 8.76. The zero-order valence-corrected chi connectivity index (χ0v) is 15.8. The Kier molecular flexibility index (Phi) is 5.37. The van der Waals surface area contributed by atoms with Crippen LogP contribution in [0.4, 0.5) is 5.82 Å². The lowest BCUT2D eigenvalue weighted by atomic mass is 10.0. The zero-order valence-electron chi connectivity index (χ0n) is 15.0. The van der Waals surface area contributed by atoms with E-state index in [-0.39, 0.29) is 17.9 Å². The van der Waals surface area contributed by atoms with Crippen molar-refractivity contribution in [3.63, 3.8) is 0 Å². The first-order chi connectivity index (χ1) is 12.4. The molecular weight excluding hydrogens is 350 g/mol. The van der Waals surface area contributed by atoms with Gasteiger partial charge < -0.3 is 15.5 Å². The van der Waals surface area contributed by atoms with Crippen LogP contribution in [0.3, 0.4) is 0 Å². The van der Waals surface area contributed by atoms with Crippen LogP contribution in [0, 0.1) is 11.3 Å². The molecule has 1 aromatic rings. The Hall–Kier alpha value is -2.27. The molecule has 2 aliphatic rings. The smallest absolute Gasteiger partial charge is 0.243 e. The second-order valence-electron chi connectivity index (χ2n) is 7.10. The van der Waals surface area contributed by atoms with Crippen LogP contribution in [0.15, 0.2) is 18.3 Å². The maximum absolute atomic E-state index is 12.5. The molecule has 2 saturated heterocycles. The molecule has 7 nitrogen and oxygen atoms in total. The molecule has 0 radical (unpaired) electrons. The van der Waals surface area contributed by atoms with Crippen molar-refractivity contribution in [2.24, 2.45) is 0 Å². The fraction of sp³-hybridized carbons (Fsp3) is 0.556. The van der Waals surface area contributed by atoms with Gasteiger partial charge in [-0.2, -0.15) is 5.26 Å². The fourth-order valence-corrected chi connectivity index (χ4v) is 4.15. The molecular formula is C18H23N5O2S. The largest absolute Gasteiger partial charge is 0.355 e. The Labute approximate surface area is 157 Å². The average molecular weight is 373 g/mol. The third-order valence-electron chi connectivity index (χ3n) is 4.83. The number of amides is 2. The summed E-state index contributed by atoms with van der Waals surface area (Å²) in [5, 5.41) is 15.1. The van der Waals surface area contributed by atoms with Crippen molar-refractivity contribution in [1.29, 1.82) is 5.26 Å². The normalized spacial score (nSPS) is 23.0. The Morgan fingerprint density at radius 3 is 2.85 bits per heavy atom. The number of carbonyl (C=O) groups is 2. The number of rotatable bonds is 3. The summed E-state index contributed by atoms with van der Waals surface area (Å²) in [7, 11) is 0. The minimum absolute atomic E-state index is 0.0739. The maximum Gasteiger partial charge on any atom is 0.243 e. The first kappa shape index (κ1) is 18.5. The van der Waals surface area contributed by atoms with Crippen LogP contribution < -0.4 is 15.5 Å². The van der Waals surface area contributed by atoms with Gasteiger partial charge in [-0.05, 0) is 38.8 Å². The van der Waals surface area contributed by atoms with E-state index < -0.39 is 10.8 Å². The number of thioether (sulfide) groups is 1. The van der Waals surface area contributed by atoms with Gasteiger partial charge >= 0.3 is 0 Å². The molecule has 3 heterocycles. The lowest BCUT2D eigenvalue weighted by molar-refractivity contribution is -0.130. The molecule has 1 unspecified atom stereocenters. The second-order valence-corrected chi connectivity index (χ2v) is 8.75. The summed E-state index contributed by atoms with van der Waals surface area (Å²) < 4.78 is -0.483. The Balaban J connectivity index is 1.52. The lowest BCUT2D eigenvalue weighted by Gasteiger charge is -2.36. The summed E-state index contributed by atoms with van der Waals surface area (Å²) in [6.45, 7) is 5.19. The number of hydrogen-bond donors (Lipinski definition) is 2. The number of aromatic nitrogens is 1. The fourth-order valence-electron chi connectivity index (χ4n) is 3.15. The molecule has 2 amide bonds. The van der Waals surface area contributed by atoms with Crippen LogP contribution >= 0.6 is 11.8 Å². The quantitative estimate of drug-likeness (QED) is 0.822. The van der Waals surface area contributed by atoms with E-state index in [4.69, 9.17) is 0 Å². The van der Waals surface area contributed by atoms with Crippen LogP contribution in [0.5, 0.6) is 0 Å². The van der Waals surface area contributed by atoms with Crippen molar-refractivity contribution in [1.82, 2.24) is 15.6 Å². The first-order valence-corrected chi connectivity index (χ1v) is 9.74. The lowest BCUT2D eigenvalue weighted by Crippen LogP contribution is -2.59.